The molecule has 0 saturated carbocycles. The second kappa shape index (κ2) is 5.33. The van der Waals surface area contributed by atoms with Gasteiger partial charge < -0.3 is 20.7 Å². The van der Waals surface area contributed by atoms with E-state index in [1.54, 1.807) is 6.33 Å². The van der Waals surface area contributed by atoms with Crippen LogP contribution in [0.1, 0.15) is 26.3 Å². The zero-order chi connectivity index (χ0) is 15.0. The van der Waals surface area contributed by atoms with Crippen molar-refractivity contribution in [3.05, 3.63) is 18.5 Å². The number of imidazole rings is 1. The Balaban J connectivity index is 2.02. The highest BCUT2D eigenvalue weighted by Crippen LogP contribution is 2.31. The topological polar surface area (TPSA) is 102 Å². The maximum absolute atomic E-state index is 9.25. The van der Waals surface area contributed by atoms with E-state index >= 15 is 0 Å². The van der Waals surface area contributed by atoms with Crippen LogP contribution in [0.3, 0.4) is 0 Å². The van der Waals surface area contributed by atoms with Gasteiger partial charge in [0.2, 0.25) is 5.95 Å². The van der Waals surface area contributed by atoms with Crippen molar-refractivity contribution in [3.63, 3.8) is 0 Å². The van der Waals surface area contributed by atoms with Crippen molar-refractivity contribution in [1.29, 1.82) is 0 Å². The van der Waals surface area contributed by atoms with E-state index in [-0.39, 0.29) is 30.6 Å². The first-order valence-electron chi connectivity index (χ1n) is 7.14. The quantitative estimate of drug-likeness (QED) is 0.734. The molecule has 0 fully saturated rings. The normalized spacial score (nSPS) is 21.5. The maximum atomic E-state index is 9.25. The van der Waals surface area contributed by atoms with Gasteiger partial charge in [0.1, 0.15) is 0 Å². The van der Waals surface area contributed by atoms with Crippen LogP contribution in [0, 0.1) is 5.92 Å². The van der Waals surface area contributed by atoms with Gasteiger partial charge in [0.05, 0.1) is 12.4 Å². The molecule has 3 rings (SSSR count). The average molecular weight is 288 g/mol. The summed E-state index contributed by atoms with van der Waals surface area (Å²) in [6.07, 6.45) is 6.72. The molecule has 0 aromatic carbocycles. The van der Waals surface area contributed by atoms with Crippen LogP contribution >= 0.6 is 0 Å². The number of rotatable bonds is 4. The summed E-state index contributed by atoms with van der Waals surface area (Å²) in [5.74, 6) is 1.08. The van der Waals surface area contributed by atoms with E-state index in [1.165, 1.54) is 0 Å². The van der Waals surface area contributed by atoms with Crippen molar-refractivity contribution < 1.29 is 5.11 Å². The molecule has 4 N–H and O–H groups in total. The Morgan fingerprint density at radius 3 is 2.90 bits per heavy atom. The maximum Gasteiger partial charge on any atom is 0.224 e. The van der Waals surface area contributed by atoms with Crippen LogP contribution in [-0.4, -0.2) is 37.3 Å². The molecule has 21 heavy (non-hydrogen) atoms. The SMILES string of the molecule is CC(C)Nc1nc(N)nc2c1ncn2C1C=C[C@@H](CO)C1. The largest absolute Gasteiger partial charge is 0.396 e. The Hall–Kier alpha value is -2.15. The number of fused-ring (bicyclic) bond motifs is 1. The predicted octanol–water partition coefficient (Wildman–Crippen LogP) is 1.34. The van der Waals surface area contributed by atoms with Gasteiger partial charge in [0.15, 0.2) is 17.0 Å². The fourth-order valence-electron chi connectivity index (χ4n) is 2.64. The second-order valence-electron chi connectivity index (χ2n) is 5.68. The number of anilines is 2. The van der Waals surface area contributed by atoms with Crippen LogP contribution in [0.2, 0.25) is 0 Å². The van der Waals surface area contributed by atoms with Gasteiger partial charge in [-0.25, -0.2) is 4.98 Å². The van der Waals surface area contributed by atoms with Crippen molar-refractivity contribution in [2.45, 2.75) is 32.4 Å². The summed E-state index contributed by atoms with van der Waals surface area (Å²) in [7, 11) is 0. The van der Waals surface area contributed by atoms with E-state index in [0.717, 1.165) is 17.6 Å². The zero-order valence-corrected chi connectivity index (χ0v) is 12.2. The highest BCUT2D eigenvalue weighted by atomic mass is 16.3. The van der Waals surface area contributed by atoms with Crippen LogP contribution in [0.4, 0.5) is 11.8 Å². The number of nitrogens with zero attached hydrogens (tertiary/aromatic N) is 4. The van der Waals surface area contributed by atoms with Crippen molar-refractivity contribution in [2.75, 3.05) is 17.7 Å². The lowest BCUT2D eigenvalue weighted by Crippen LogP contribution is -2.13. The molecule has 0 radical (unpaired) electrons. The predicted molar refractivity (Wildman–Crippen MR) is 81.9 cm³/mol. The molecule has 0 spiro atoms. The third-order valence-corrected chi connectivity index (χ3v) is 3.61. The molecule has 7 heteroatoms. The summed E-state index contributed by atoms with van der Waals surface area (Å²) in [4.78, 5) is 13.0. The van der Waals surface area contributed by atoms with E-state index in [1.807, 2.05) is 24.5 Å². The molecular formula is C14H20N6O. The number of nitrogens with two attached hydrogens (primary N) is 1. The minimum absolute atomic E-state index is 0.147. The van der Waals surface area contributed by atoms with Gasteiger partial charge in [0.25, 0.3) is 0 Å². The molecule has 2 aromatic rings. The molecule has 7 nitrogen and oxygen atoms in total. The fourth-order valence-corrected chi connectivity index (χ4v) is 2.64. The Morgan fingerprint density at radius 2 is 2.24 bits per heavy atom. The standard InChI is InChI=1S/C14H20N6O/c1-8(2)17-12-11-13(19-14(15)18-12)20(7-16-11)10-4-3-9(5-10)6-21/h3-4,7-10,21H,5-6H2,1-2H3,(H3,15,17,18,19)/t9-,10?/m1/s1. The fraction of sp³-hybridized carbons (Fsp3) is 0.500. The highest BCUT2D eigenvalue weighted by Gasteiger charge is 2.23. The number of nitrogen functional groups attached to an aromatic ring is 1. The molecule has 0 amide bonds. The Morgan fingerprint density at radius 1 is 1.43 bits per heavy atom. The molecule has 0 aliphatic heterocycles. The number of hydrogen-bond donors (Lipinski definition) is 3. The van der Waals surface area contributed by atoms with Gasteiger partial charge in [-0.15, -0.1) is 0 Å². The molecule has 2 atom stereocenters. The van der Waals surface area contributed by atoms with E-state index in [2.05, 4.69) is 26.3 Å². The van der Waals surface area contributed by atoms with E-state index < -0.39 is 0 Å². The Kier molecular flexibility index (Phi) is 3.50. The first kappa shape index (κ1) is 13.8. The van der Waals surface area contributed by atoms with Crippen molar-refractivity contribution in [3.8, 4) is 0 Å². The first-order valence-corrected chi connectivity index (χ1v) is 7.14. The van der Waals surface area contributed by atoms with Crippen LogP contribution in [-0.2, 0) is 0 Å². The van der Waals surface area contributed by atoms with Crippen molar-refractivity contribution >= 4 is 22.9 Å². The van der Waals surface area contributed by atoms with Gasteiger partial charge in [0, 0.05) is 18.6 Å². The summed E-state index contributed by atoms with van der Waals surface area (Å²) in [5, 5.41) is 12.5. The number of aliphatic hydroxyl groups is 1. The lowest BCUT2D eigenvalue weighted by molar-refractivity contribution is 0.244. The minimum atomic E-state index is 0.147. The third-order valence-electron chi connectivity index (χ3n) is 3.61. The van der Waals surface area contributed by atoms with E-state index in [9.17, 15) is 5.11 Å². The summed E-state index contributed by atoms with van der Waals surface area (Å²) in [6.45, 7) is 4.23. The van der Waals surface area contributed by atoms with Gasteiger partial charge >= 0.3 is 0 Å². The number of aliphatic hydroxyl groups excluding tert-OH is 1. The molecule has 1 unspecified atom stereocenters. The Bertz CT molecular complexity index is 677. The molecule has 2 heterocycles. The second-order valence-corrected chi connectivity index (χ2v) is 5.68. The van der Waals surface area contributed by atoms with E-state index in [0.29, 0.717) is 5.82 Å². The van der Waals surface area contributed by atoms with Crippen molar-refractivity contribution in [2.24, 2.45) is 5.92 Å². The smallest absolute Gasteiger partial charge is 0.224 e. The van der Waals surface area contributed by atoms with Gasteiger partial charge in [-0.05, 0) is 20.3 Å². The molecule has 0 saturated heterocycles. The monoisotopic (exact) mass is 288 g/mol. The van der Waals surface area contributed by atoms with E-state index in [4.69, 9.17) is 5.73 Å². The molecule has 1 aliphatic rings. The minimum Gasteiger partial charge on any atom is -0.396 e. The van der Waals surface area contributed by atoms with Gasteiger partial charge in [-0.1, -0.05) is 12.2 Å². The summed E-state index contributed by atoms with van der Waals surface area (Å²) in [5.41, 5.74) is 7.26. The van der Waals surface area contributed by atoms with Gasteiger partial charge in [-0.3, -0.25) is 0 Å². The lowest BCUT2D eigenvalue weighted by Gasteiger charge is -2.14. The summed E-state index contributed by atoms with van der Waals surface area (Å²) >= 11 is 0. The highest BCUT2D eigenvalue weighted by molar-refractivity contribution is 5.84. The lowest BCUT2D eigenvalue weighted by atomic mass is 10.1. The molecular weight excluding hydrogens is 268 g/mol. The number of nitrogens with one attached hydrogen (secondary N) is 1. The van der Waals surface area contributed by atoms with Gasteiger partial charge in [-0.2, -0.15) is 9.97 Å². The van der Waals surface area contributed by atoms with Crippen LogP contribution in [0.15, 0.2) is 18.5 Å². The average Bonchev–Trinajstić information content (AvgIpc) is 3.03. The molecule has 1 aliphatic carbocycles. The van der Waals surface area contributed by atoms with Crippen LogP contribution in [0.5, 0.6) is 0 Å². The zero-order valence-electron chi connectivity index (χ0n) is 12.2. The van der Waals surface area contributed by atoms with Crippen LogP contribution in [0.25, 0.3) is 11.2 Å². The van der Waals surface area contributed by atoms with Crippen LogP contribution < -0.4 is 11.1 Å². The number of allylic oxidation sites excluding steroid dienone is 1. The molecule has 0 bridgehead atoms. The first-order chi connectivity index (χ1) is 10.1. The van der Waals surface area contributed by atoms with Crippen molar-refractivity contribution in [1.82, 2.24) is 19.5 Å². The molecule has 112 valence electrons. The third kappa shape index (κ3) is 2.56. The molecule has 2 aromatic heterocycles. The summed E-state index contributed by atoms with van der Waals surface area (Å²) < 4.78 is 1.99. The number of hydrogen-bond acceptors (Lipinski definition) is 6. The summed E-state index contributed by atoms with van der Waals surface area (Å²) in [6, 6.07) is 0.381. The number of aromatic nitrogens is 4. The Labute approximate surface area is 122 Å².